The predicted molar refractivity (Wildman–Crippen MR) is 108 cm³/mol. The Kier molecular flexibility index (Phi) is 5.65. The van der Waals surface area contributed by atoms with Crippen LogP contribution in [0.15, 0.2) is 59.8 Å². The molecule has 1 unspecified atom stereocenters. The van der Waals surface area contributed by atoms with Gasteiger partial charge < -0.3 is 9.74 Å². The molecule has 3 heteroatoms. The average Bonchev–Trinajstić information content (AvgIpc) is 2.91. The summed E-state index contributed by atoms with van der Waals surface area (Å²) in [6.45, 7) is 9.73. The highest BCUT2D eigenvalue weighted by Crippen LogP contribution is 2.31. The minimum absolute atomic E-state index is 0.408. The largest absolute Gasteiger partial charge is 0.365 e. The van der Waals surface area contributed by atoms with E-state index in [2.05, 4.69) is 92.3 Å². The van der Waals surface area contributed by atoms with E-state index < -0.39 is 5.72 Å². The molecule has 0 saturated heterocycles. The molecule has 0 saturated carbocycles. The number of nitrogens with zero attached hydrogens (tertiary/aromatic N) is 2. The van der Waals surface area contributed by atoms with Crippen LogP contribution in [0.4, 0.5) is 0 Å². The van der Waals surface area contributed by atoms with Gasteiger partial charge in [0.05, 0.1) is 0 Å². The van der Waals surface area contributed by atoms with Crippen LogP contribution in [0, 0.1) is 12.8 Å². The van der Waals surface area contributed by atoms with Gasteiger partial charge in [-0.3, -0.25) is 0 Å². The number of amidine groups is 1. The smallest absolute Gasteiger partial charge is 0.212 e. The average molecular weight is 351 g/mol. The molecular weight excluding hydrogens is 320 g/mol. The summed E-state index contributed by atoms with van der Waals surface area (Å²) in [5, 5.41) is 4.49. The molecule has 0 spiro atoms. The van der Waals surface area contributed by atoms with Crippen molar-refractivity contribution in [2.45, 2.75) is 52.7 Å². The van der Waals surface area contributed by atoms with E-state index in [-0.39, 0.29) is 0 Å². The summed E-state index contributed by atoms with van der Waals surface area (Å²) >= 11 is 0. The van der Waals surface area contributed by atoms with E-state index in [4.69, 9.17) is 4.84 Å². The lowest BCUT2D eigenvalue weighted by Gasteiger charge is -2.36. The van der Waals surface area contributed by atoms with Crippen LogP contribution < -0.4 is 0 Å². The molecular formula is C23H30N2O. The Hall–Kier alpha value is -2.29. The molecule has 138 valence electrons. The minimum atomic E-state index is -0.408. The maximum Gasteiger partial charge on any atom is 0.212 e. The van der Waals surface area contributed by atoms with Gasteiger partial charge in [-0.2, -0.15) is 0 Å². The van der Waals surface area contributed by atoms with Crippen LogP contribution in [0.1, 0.15) is 43.9 Å². The van der Waals surface area contributed by atoms with Crippen molar-refractivity contribution >= 4 is 5.84 Å². The molecule has 0 radical (unpaired) electrons. The Morgan fingerprint density at radius 1 is 0.962 bits per heavy atom. The number of aryl methyl sites for hydroxylation is 2. The van der Waals surface area contributed by atoms with Crippen molar-refractivity contribution < 1.29 is 4.84 Å². The van der Waals surface area contributed by atoms with Crippen LogP contribution in [0.25, 0.3) is 0 Å². The van der Waals surface area contributed by atoms with Gasteiger partial charge in [-0.15, -0.1) is 0 Å². The third-order valence-electron chi connectivity index (χ3n) is 4.91. The van der Waals surface area contributed by atoms with Crippen LogP contribution in [0.3, 0.4) is 0 Å². The molecule has 2 aromatic rings. The van der Waals surface area contributed by atoms with Gasteiger partial charge >= 0.3 is 0 Å². The Morgan fingerprint density at radius 2 is 1.65 bits per heavy atom. The monoisotopic (exact) mass is 350 g/mol. The quantitative estimate of drug-likeness (QED) is 0.686. The second kappa shape index (κ2) is 7.94. The van der Waals surface area contributed by atoms with Crippen LogP contribution in [0.5, 0.6) is 0 Å². The first-order valence-corrected chi connectivity index (χ1v) is 9.58. The lowest BCUT2D eigenvalue weighted by molar-refractivity contribution is -0.0862. The Morgan fingerprint density at radius 3 is 2.31 bits per heavy atom. The Balaban J connectivity index is 1.71. The molecule has 26 heavy (non-hydrogen) atoms. The fraction of sp³-hybridized carbons (Fsp3) is 0.435. The fourth-order valence-corrected chi connectivity index (χ4v) is 3.48. The first-order valence-electron chi connectivity index (χ1n) is 9.58. The second-order valence-electron chi connectivity index (χ2n) is 7.93. The van der Waals surface area contributed by atoms with E-state index in [1.54, 1.807) is 0 Å². The van der Waals surface area contributed by atoms with Crippen molar-refractivity contribution in [2.24, 2.45) is 11.1 Å². The molecule has 1 atom stereocenters. The zero-order chi connectivity index (χ0) is 18.6. The van der Waals surface area contributed by atoms with Crippen molar-refractivity contribution in [3.05, 3.63) is 71.3 Å². The van der Waals surface area contributed by atoms with E-state index >= 15 is 0 Å². The number of rotatable bonds is 7. The minimum Gasteiger partial charge on any atom is -0.365 e. The number of oxime groups is 1. The molecule has 2 aromatic carbocycles. The zero-order valence-corrected chi connectivity index (χ0v) is 16.4. The van der Waals surface area contributed by atoms with Gasteiger partial charge in [0.15, 0.2) is 0 Å². The van der Waals surface area contributed by atoms with Crippen molar-refractivity contribution in [2.75, 3.05) is 6.54 Å². The lowest BCUT2D eigenvalue weighted by atomic mass is 10.00. The zero-order valence-electron chi connectivity index (χ0n) is 16.4. The summed E-state index contributed by atoms with van der Waals surface area (Å²) in [6, 6.07) is 19.3. The first-order chi connectivity index (χ1) is 12.5. The van der Waals surface area contributed by atoms with E-state index in [0.29, 0.717) is 5.92 Å². The molecule has 0 bridgehead atoms. The van der Waals surface area contributed by atoms with Crippen LogP contribution in [-0.4, -0.2) is 23.0 Å². The summed E-state index contributed by atoms with van der Waals surface area (Å²) in [7, 11) is 0. The summed E-state index contributed by atoms with van der Waals surface area (Å²) in [6.07, 6.45) is 2.72. The van der Waals surface area contributed by atoms with E-state index in [0.717, 1.165) is 31.6 Å². The lowest BCUT2D eigenvalue weighted by Crippen LogP contribution is -2.49. The van der Waals surface area contributed by atoms with Gasteiger partial charge in [0.1, 0.15) is 5.84 Å². The molecule has 0 fully saturated rings. The van der Waals surface area contributed by atoms with E-state index in [1.807, 2.05) is 0 Å². The third-order valence-corrected chi connectivity index (χ3v) is 4.91. The van der Waals surface area contributed by atoms with Crippen LogP contribution in [-0.2, 0) is 17.7 Å². The molecule has 0 amide bonds. The maximum absolute atomic E-state index is 5.99. The van der Waals surface area contributed by atoms with Gasteiger partial charge in [-0.25, -0.2) is 0 Å². The highest BCUT2D eigenvalue weighted by molar-refractivity contribution is 5.83. The number of hydrogen-bond acceptors (Lipinski definition) is 3. The van der Waals surface area contributed by atoms with Crippen molar-refractivity contribution in [3.8, 4) is 0 Å². The highest BCUT2D eigenvalue weighted by atomic mass is 16.7. The predicted octanol–water partition coefficient (Wildman–Crippen LogP) is 5.19. The number of hydrogen-bond donors (Lipinski definition) is 0. The Bertz CT molecular complexity index is 737. The maximum atomic E-state index is 5.99. The van der Waals surface area contributed by atoms with Crippen LogP contribution in [0.2, 0.25) is 0 Å². The SMILES string of the molecule is Cc1ccc(CCC2=NOC(C)(Cc3ccccc3)N2CC(C)C)cc1. The summed E-state index contributed by atoms with van der Waals surface area (Å²) in [4.78, 5) is 8.37. The van der Waals surface area contributed by atoms with E-state index in [1.165, 1.54) is 16.7 Å². The number of benzene rings is 2. The second-order valence-corrected chi connectivity index (χ2v) is 7.93. The normalized spacial score (nSPS) is 19.6. The molecule has 0 aliphatic carbocycles. The summed E-state index contributed by atoms with van der Waals surface area (Å²) in [5.74, 6) is 1.62. The molecule has 1 aliphatic rings. The van der Waals surface area contributed by atoms with Crippen molar-refractivity contribution in [3.63, 3.8) is 0 Å². The van der Waals surface area contributed by atoms with Crippen molar-refractivity contribution in [1.82, 2.24) is 4.90 Å². The van der Waals surface area contributed by atoms with E-state index in [9.17, 15) is 0 Å². The summed E-state index contributed by atoms with van der Waals surface area (Å²) < 4.78 is 0. The van der Waals surface area contributed by atoms with Gasteiger partial charge in [0.2, 0.25) is 5.72 Å². The standard InChI is InChI=1S/C23H30N2O/c1-18(2)17-25-22(15-14-20-12-10-19(3)11-13-20)24-26-23(25,4)16-21-8-6-5-7-9-21/h5-13,18H,14-17H2,1-4H3. The van der Waals surface area contributed by atoms with Gasteiger partial charge in [0, 0.05) is 19.4 Å². The van der Waals surface area contributed by atoms with Crippen molar-refractivity contribution in [1.29, 1.82) is 0 Å². The molecule has 1 heterocycles. The highest BCUT2D eigenvalue weighted by Gasteiger charge is 2.41. The third kappa shape index (κ3) is 4.46. The van der Waals surface area contributed by atoms with Gasteiger partial charge in [-0.05, 0) is 37.3 Å². The van der Waals surface area contributed by atoms with Gasteiger partial charge in [0.25, 0.3) is 0 Å². The topological polar surface area (TPSA) is 24.8 Å². The summed E-state index contributed by atoms with van der Waals surface area (Å²) in [5.41, 5.74) is 3.51. The van der Waals surface area contributed by atoms with Gasteiger partial charge in [-0.1, -0.05) is 79.2 Å². The molecule has 0 N–H and O–H groups in total. The molecule has 3 rings (SSSR count). The van der Waals surface area contributed by atoms with Crippen LogP contribution >= 0.6 is 0 Å². The molecule has 3 nitrogen and oxygen atoms in total. The first kappa shape index (κ1) is 18.5. The molecule has 1 aliphatic heterocycles. The Labute approximate surface area is 157 Å². The fourth-order valence-electron chi connectivity index (χ4n) is 3.48. The molecule has 0 aromatic heterocycles.